The highest BCUT2D eigenvalue weighted by Crippen LogP contribution is 2.51. The quantitative estimate of drug-likeness (QED) is 0.249. The molecule has 1 saturated carbocycles. The van der Waals surface area contributed by atoms with E-state index in [1.165, 1.54) is 12.1 Å². The number of fused-ring (bicyclic) bond motifs is 2. The minimum atomic E-state index is -0.957. The average molecular weight is 684 g/mol. The highest BCUT2D eigenvalue weighted by atomic mass is 35.5. The smallest absolute Gasteiger partial charge is 0.319 e. The van der Waals surface area contributed by atoms with Crippen LogP contribution in [-0.4, -0.2) is 77.9 Å². The Bertz CT molecular complexity index is 2000. The highest BCUT2D eigenvalue weighted by Gasteiger charge is 2.49. The summed E-state index contributed by atoms with van der Waals surface area (Å²) in [5.74, 6) is -0.902. The van der Waals surface area contributed by atoms with Crippen molar-refractivity contribution < 1.29 is 27.4 Å². The van der Waals surface area contributed by atoms with E-state index < -0.39 is 23.3 Å². The van der Waals surface area contributed by atoms with E-state index in [0.29, 0.717) is 44.6 Å². The first-order chi connectivity index (χ1) is 22.7. The number of carbonyl (C=O) groups excluding carboxylic acids is 1. The molecule has 0 bridgehead atoms. The van der Waals surface area contributed by atoms with E-state index in [2.05, 4.69) is 15.2 Å². The Labute approximate surface area is 276 Å². The Kier molecular flexibility index (Phi) is 7.27. The van der Waals surface area contributed by atoms with Crippen LogP contribution in [-0.2, 0) is 4.79 Å². The Hall–Kier alpha value is -4.06. The number of nitrogen functional groups attached to an aromatic ring is 1. The number of alkyl halides is 1. The molecule has 3 aliphatic heterocycles. The number of nitrogens with one attached hydrogen (secondary N) is 1. The molecule has 10 nitrogen and oxygen atoms in total. The summed E-state index contributed by atoms with van der Waals surface area (Å²) in [5, 5.41) is 13.1. The van der Waals surface area contributed by atoms with Gasteiger partial charge in [0.2, 0.25) is 6.41 Å². The number of anilines is 2. The summed E-state index contributed by atoms with van der Waals surface area (Å²) in [6.07, 6.45) is 3.03. The molecule has 0 spiro atoms. The van der Waals surface area contributed by atoms with Gasteiger partial charge in [-0.2, -0.15) is 15.2 Å². The molecule has 2 saturated heterocycles. The lowest BCUT2D eigenvalue weighted by Crippen LogP contribution is -2.53. The van der Waals surface area contributed by atoms with Gasteiger partial charge in [0, 0.05) is 36.0 Å². The molecule has 4 aromatic rings. The number of thiophene rings is 1. The maximum atomic E-state index is 17.1. The van der Waals surface area contributed by atoms with Gasteiger partial charge in [0.25, 0.3) is 0 Å². The van der Waals surface area contributed by atoms with Crippen molar-refractivity contribution in [2.45, 2.75) is 55.9 Å². The molecule has 2 atom stereocenters. The normalized spacial score (nSPS) is 25.3. The Morgan fingerprint density at radius 1 is 1.28 bits per heavy atom. The van der Waals surface area contributed by atoms with Gasteiger partial charge >= 0.3 is 6.01 Å². The van der Waals surface area contributed by atoms with Crippen LogP contribution in [0, 0.1) is 23.0 Å². The van der Waals surface area contributed by atoms with Crippen molar-refractivity contribution in [3.8, 4) is 29.0 Å². The Morgan fingerprint density at radius 3 is 2.89 bits per heavy atom. The lowest BCUT2D eigenvalue weighted by molar-refractivity contribution is -0.110. The average Bonchev–Trinajstić information content (AvgIpc) is 3.63. The molecule has 3 fully saturated rings. The molecule has 47 heavy (non-hydrogen) atoms. The lowest BCUT2D eigenvalue weighted by atomic mass is 9.85. The topological polar surface area (TPSA) is 130 Å². The molecule has 2 aromatic carbocycles. The summed E-state index contributed by atoms with van der Waals surface area (Å²) in [5.41, 5.74) is 5.54. The van der Waals surface area contributed by atoms with Crippen LogP contribution in [0.2, 0.25) is 5.02 Å². The van der Waals surface area contributed by atoms with Crippen LogP contribution < -0.4 is 25.4 Å². The van der Waals surface area contributed by atoms with E-state index in [1.807, 2.05) is 11.0 Å². The molecule has 3 N–H and O–H groups in total. The van der Waals surface area contributed by atoms with Crippen molar-refractivity contribution in [3.05, 3.63) is 34.4 Å². The van der Waals surface area contributed by atoms with Crippen LogP contribution in [0.5, 0.6) is 11.8 Å². The molecular weight excluding hydrogens is 655 g/mol. The van der Waals surface area contributed by atoms with Gasteiger partial charge in [-0.25, -0.2) is 13.2 Å². The minimum absolute atomic E-state index is 0.00591. The van der Waals surface area contributed by atoms with Gasteiger partial charge in [0.15, 0.2) is 11.6 Å². The molecule has 1 amide bonds. The maximum absolute atomic E-state index is 17.1. The van der Waals surface area contributed by atoms with Gasteiger partial charge in [-0.3, -0.25) is 9.69 Å². The van der Waals surface area contributed by atoms with Crippen molar-refractivity contribution in [1.29, 1.82) is 5.26 Å². The van der Waals surface area contributed by atoms with Crippen molar-refractivity contribution in [3.63, 3.8) is 0 Å². The maximum Gasteiger partial charge on any atom is 0.319 e. The van der Waals surface area contributed by atoms with E-state index in [-0.39, 0.29) is 84.8 Å². The summed E-state index contributed by atoms with van der Waals surface area (Å²) >= 11 is 7.88. The molecule has 1 aliphatic carbocycles. The number of carbonyl (C=O) groups is 1. The summed E-state index contributed by atoms with van der Waals surface area (Å²) < 4.78 is 59.1. The fourth-order valence-corrected chi connectivity index (χ4v) is 9.10. The number of nitrogens with two attached hydrogens (primary N) is 1. The van der Waals surface area contributed by atoms with Crippen molar-refractivity contribution in [1.82, 2.24) is 20.2 Å². The van der Waals surface area contributed by atoms with Crippen LogP contribution in [0.1, 0.15) is 37.7 Å². The first-order valence-corrected chi connectivity index (χ1v) is 16.7. The molecule has 2 aromatic heterocycles. The van der Waals surface area contributed by atoms with Gasteiger partial charge < -0.3 is 25.4 Å². The van der Waals surface area contributed by atoms with Crippen molar-refractivity contribution in [2.24, 2.45) is 0 Å². The zero-order valence-electron chi connectivity index (χ0n) is 25.0. The molecule has 0 radical (unpaired) electrons. The van der Waals surface area contributed by atoms with Gasteiger partial charge in [-0.1, -0.05) is 17.7 Å². The van der Waals surface area contributed by atoms with Crippen LogP contribution in [0.3, 0.4) is 0 Å². The summed E-state index contributed by atoms with van der Waals surface area (Å²) in [6.45, 7) is 1.82. The van der Waals surface area contributed by atoms with E-state index >= 15 is 4.39 Å². The minimum Gasteiger partial charge on any atom is -0.489 e. The van der Waals surface area contributed by atoms with E-state index in [4.69, 9.17) is 31.8 Å². The Balaban J connectivity index is 1.31. The lowest BCUT2D eigenvalue weighted by Gasteiger charge is -2.42. The first kappa shape index (κ1) is 30.3. The fraction of sp³-hybridized carbons (Fsp3) is 0.438. The zero-order chi connectivity index (χ0) is 32.6. The summed E-state index contributed by atoms with van der Waals surface area (Å²) in [4.78, 5) is 24.5. The van der Waals surface area contributed by atoms with Gasteiger partial charge in [-0.05, 0) is 43.9 Å². The third kappa shape index (κ3) is 4.65. The third-order valence-corrected chi connectivity index (χ3v) is 11.5. The number of amides is 1. The predicted octanol–water partition coefficient (Wildman–Crippen LogP) is 5.33. The monoisotopic (exact) mass is 683 g/mol. The molecule has 8 rings (SSSR count). The van der Waals surface area contributed by atoms with Crippen LogP contribution in [0.4, 0.5) is 24.0 Å². The second-order valence-corrected chi connectivity index (χ2v) is 14.1. The Morgan fingerprint density at radius 2 is 2.11 bits per heavy atom. The summed E-state index contributed by atoms with van der Waals surface area (Å²) in [7, 11) is 0. The first-order valence-electron chi connectivity index (χ1n) is 15.5. The second-order valence-electron chi connectivity index (χ2n) is 12.7. The number of halogens is 4. The van der Waals surface area contributed by atoms with Crippen LogP contribution in [0.25, 0.3) is 32.1 Å². The van der Waals surface area contributed by atoms with Gasteiger partial charge in [0.05, 0.1) is 32.8 Å². The largest absolute Gasteiger partial charge is 0.489 e. The van der Waals surface area contributed by atoms with Gasteiger partial charge in [0.1, 0.15) is 47.6 Å². The SMILES string of the molecule is N#Cc1c(N)sc2c(F)ccc(-c3c(Cl)c4c5c(nc(OC[C@@]67CCCN6C[C@H](F)C7)nc5c3F)N(C3CC(NC=O)C3)CCO4)c12. The van der Waals surface area contributed by atoms with E-state index in [9.17, 15) is 18.8 Å². The number of nitrogens with zero attached hydrogens (tertiary/aromatic N) is 5. The number of aromatic nitrogens is 2. The number of benzene rings is 2. The number of hydrogen-bond acceptors (Lipinski definition) is 10. The zero-order valence-corrected chi connectivity index (χ0v) is 26.6. The molecular formula is C32H29ClF3N7O3S. The standard InChI is InChI=1S/C32H29ClF3N7O3S/c33-24-22(18-2-3-20(35)28-21(18)19(11-37)29(38)47-28)25(36)26-23-27(24)45-7-6-43(17-8-16(9-17)39-14-44)30(23)41-31(40-26)46-13-32-4-1-5-42(32)12-15(34)10-32/h2-3,14-17H,1,4-10,12-13,38H2,(H,39,44)/t15-,16?,17?,32+/m1/s1. The fourth-order valence-electron chi connectivity index (χ4n) is 7.82. The number of rotatable bonds is 7. The summed E-state index contributed by atoms with van der Waals surface area (Å²) in [6, 6.07) is 4.45. The number of hydrogen-bond donors (Lipinski definition) is 2. The van der Waals surface area contributed by atoms with E-state index in [0.717, 1.165) is 30.7 Å². The van der Waals surface area contributed by atoms with Gasteiger partial charge in [-0.15, -0.1) is 11.3 Å². The van der Waals surface area contributed by atoms with E-state index in [1.54, 1.807) is 0 Å². The number of nitriles is 1. The van der Waals surface area contributed by atoms with Crippen LogP contribution >= 0.6 is 22.9 Å². The molecule has 244 valence electrons. The molecule has 15 heteroatoms. The molecule has 5 heterocycles. The molecule has 4 aliphatic rings. The van der Waals surface area contributed by atoms with Crippen LogP contribution in [0.15, 0.2) is 12.1 Å². The van der Waals surface area contributed by atoms with Crippen molar-refractivity contribution in [2.75, 3.05) is 43.5 Å². The number of ether oxygens (including phenoxy) is 2. The second kappa shape index (κ2) is 11.3. The highest BCUT2D eigenvalue weighted by molar-refractivity contribution is 7.23. The third-order valence-electron chi connectivity index (χ3n) is 10.1. The van der Waals surface area contributed by atoms with Crippen molar-refractivity contribution >= 4 is 61.2 Å². The predicted molar refractivity (Wildman–Crippen MR) is 172 cm³/mol. The molecule has 0 unspecified atom stereocenters.